The summed E-state index contributed by atoms with van der Waals surface area (Å²) in [6, 6.07) is 13.5. The van der Waals surface area contributed by atoms with Gasteiger partial charge in [-0.2, -0.15) is 4.68 Å². The highest BCUT2D eigenvalue weighted by molar-refractivity contribution is 9.10. The Morgan fingerprint density at radius 1 is 1.17 bits per heavy atom. The Bertz CT molecular complexity index is 975. The molecular weight excluding hydrogens is 414 g/mol. The van der Waals surface area contributed by atoms with E-state index in [9.17, 15) is 8.42 Å². The lowest BCUT2D eigenvalue weighted by atomic mass is 10.3. The second kappa shape index (κ2) is 6.91. The lowest BCUT2D eigenvalue weighted by Gasteiger charge is -2.11. The quantitative estimate of drug-likeness (QED) is 0.631. The lowest BCUT2D eigenvalue weighted by Crippen LogP contribution is -2.13. The van der Waals surface area contributed by atoms with Gasteiger partial charge in [0.15, 0.2) is 0 Å². The Balaban J connectivity index is 1.94. The normalized spacial score (nSPS) is 11.4. The van der Waals surface area contributed by atoms with Crippen molar-refractivity contribution in [1.29, 1.82) is 0 Å². The van der Waals surface area contributed by atoms with Gasteiger partial charge in [0.2, 0.25) is 5.16 Å². The Morgan fingerprint density at radius 2 is 1.96 bits per heavy atom. The van der Waals surface area contributed by atoms with Gasteiger partial charge in [0.05, 0.1) is 11.4 Å². The van der Waals surface area contributed by atoms with Crippen LogP contribution < -0.4 is 4.72 Å². The topological polar surface area (TPSA) is 89.8 Å². The summed E-state index contributed by atoms with van der Waals surface area (Å²) < 4.78 is 29.7. The van der Waals surface area contributed by atoms with Crippen LogP contribution in [0.4, 0.5) is 5.69 Å². The number of halogens is 1. The van der Waals surface area contributed by atoms with Crippen LogP contribution in [0.2, 0.25) is 0 Å². The molecule has 1 N–H and O–H groups in total. The van der Waals surface area contributed by atoms with Gasteiger partial charge in [-0.3, -0.25) is 4.72 Å². The number of benzene rings is 2. The molecule has 0 atom stereocenters. The zero-order chi connectivity index (χ0) is 17.2. The van der Waals surface area contributed by atoms with E-state index in [2.05, 4.69) is 36.2 Å². The molecule has 0 aliphatic carbocycles. The van der Waals surface area contributed by atoms with Crippen molar-refractivity contribution in [2.75, 3.05) is 11.0 Å². The molecule has 1 heterocycles. The van der Waals surface area contributed by atoms with Crippen LogP contribution in [0.15, 0.2) is 63.1 Å². The molecule has 24 heavy (non-hydrogen) atoms. The number of tetrazole rings is 1. The van der Waals surface area contributed by atoms with Gasteiger partial charge in [-0.25, -0.2) is 8.42 Å². The summed E-state index contributed by atoms with van der Waals surface area (Å²) in [6.07, 6.45) is 1.86. The molecule has 3 aromatic rings. The third-order valence-electron chi connectivity index (χ3n) is 3.09. The van der Waals surface area contributed by atoms with Crippen LogP contribution in [0.1, 0.15) is 0 Å². The van der Waals surface area contributed by atoms with Crippen LogP contribution in [-0.4, -0.2) is 34.9 Å². The van der Waals surface area contributed by atoms with E-state index >= 15 is 0 Å². The number of nitrogens with zero attached hydrogens (tertiary/aromatic N) is 4. The fourth-order valence-electron chi connectivity index (χ4n) is 2.04. The first-order valence-corrected chi connectivity index (χ1v) is 10.2. The number of thioether (sulfide) groups is 1. The van der Waals surface area contributed by atoms with Crippen LogP contribution in [-0.2, 0) is 10.0 Å². The minimum absolute atomic E-state index is 0.169. The maximum atomic E-state index is 12.6. The third-order valence-corrected chi connectivity index (χ3v) is 6.11. The minimum Gasteiger partial charge on any atom is -0.280 e. The summed E-state index contributed by atoms with van der Waals surface area (Å²) in [6.45, 7) is 0. The standard InChI is InChI=1S/C14H12BrN5O2S2/c1-23-14-16-18-19-20(14)11-6-4-5-10(9-11)17-24(21,22)13-8-3-2-7-12(13)15/h2-9,17H,1H3. The number of hydrogen-bond donors (Lipinski definition) is 1. The van der Waals surface area contributed by atoms with Gasteiger partial charge >= 0.3 is 0 Å². The fraction of sp³-hybridized carbons (Fsp3) is 0.0714. The van der Waals surface area contributed by atoms with Crippen LogP contribution in [0.25, 0.3) is 5.69 Å². The van der Waals surface area contributed by atoms with Crippen molar-refractivity contribution >= 4 is 43.4 Å². The number of nitrogens with one attached hydrogen (secondary N) is 1. The number of sulfonamides is 1. The van der Waals surface area contributed by atoms with Crippen molar-refractivity contribution < 1.29 is 8.42 Å². The molecule has 0 bridgehead atoms. The van der Waals surface area contributed by atoms with Crippen molar-refractivity contribution in [3.05, 3.63) is 53.0 Å². The SMILES string of the molecule is CSc1nnnn1-c1cccc(NS(=O)(=O)c2ccccc2Br)c1. The molecular formula is C14H12BrN5O2S2. The molecule has 0 aliphatic heterocycles. The van der Waals surface area contributed by atoms with Gasteiger partial charge in [0.1, 0.15) is 4.90 Å². The smallest absolute Gasteiger partial charge is 0.263 e. The molecule has 2 aromatic carbocycles. The summed E-state index contributed by atoms with van der Waals surface area (Å²) in [4.78, 5) is 0.169. The van der Waals surface area contributed by atoms with Crippen molar-refractivity contribution in [1.82, 2.24) is 20.2 Å². The van der Waals surface area contributed by atoms with E-state index in [1.807, 2.05) is 6.26 Å². The first-order valence-electron chi connectivity index (χ1n) is 6.71. The highest BCUT2D eigenvalue weighted by atomic mass is 79.9. The number of anilines is 1. The molecule has 0 saturated carbocycles. The maximum Gasteiger partial charge on any atom is 0.263 e. The number of aromatic nitrogens is 4. The van der Waals surface area contributed by atoms with E-state index in [4.69, 9.17) is 0 Å². The molecule has 0 fully saturated rings. The Morgan fingerprint density at radius 3 is 2.71 bits per heavy atom. The second-order valence-electron chi connectivity index (χ2n) is 4.66. The van der Waals surface area contributed by atoms with Crippen LogP contribution in [0.3, 0.4) is 0 Å². The molecule has 0 aliphatic rings. The van der Waals surface area contributed by atoms with E-state index in [0.717, 1.165) is 0 Å². The van der Waals surface area contributed by atoms with Crippen molar-refractivity contribution in [2.45, 2.75) is 10.1 Å². The highest BCUT2D eigenvalue weighted by Gasteiger charge is 2.17. The van der Waals surface area contributed by atoms with E-state index in [0.29, 0.717) is 21.0 Å². The summed E-state index contributed by atoms with van der Waals surface area (Å²) in [5.41, 5.74) is 1.09. The van der Waals surface area contributed by atoms with Crippen LogP contribution in [0.5, 0.6) is 0 Å². The Kier molecular flexibility index (Phi) is 4.88. The Hall–Kier alpha value is -1.91. The van der Waals surface area contributed by atoms with E-state index in [1.165, 1.54) is 17.8 Å². The molecule has 0 radical (unpaired) electrons. The predicted octanol–water partition coefficient (Wildman–Crippen LogP) is 2.95. The van der Waals surface area contributed by atoms with E-state index in [1.54, 1.807) is 47.1 Å². The summed E-state index contributed by atoms with van der Waals surface area (Å²) in [5, 5.41) is 12.1. The Labute approximate surface area is 151 Å². The minimum atomic E-state index is -3.71. The van der Waals surface area contributed by atoms with Crippen molar-refractivity contribution in [3.63, 3.8) is 0 Å². The average Bonchev–Trinajstić information content (AvgIpc) is 3.03. The van der Waals surface area contributed by atoms with Crippen molar-refractivity contribution in [2.24, 2.45) is 0 Å². The van der Waals surface area contributed by atoms with Gasteiger partial charge in [-0.15, -0.1) is 5.10 Å². The van der Waals surface area contributed by atoms with Crippen LogP contribution >= 0.6 is 27.7 Å². The number of hydrogen-bond acceptors (Lipinski definition) is 6. The molecule has 10 heteroatoms. The van der Waals surface area contributed by atoms with Crippen LogP contribution in [0, 0.1) is 0 Å². The van der Waals surface area contributed by atoms with Gasteiger partial charge < -0.3 is 0 Å². The van der Waals surface area contributed by atoms with Crippen molar-refractivity contribution in [3.8, 4) is 5.69 Å². The largest absolute Gasteiger partial charge is 0.280 e. The second-order valence-corrected chi connectivity index (χ2v) is 7.94. The lowest BCUT2D eigenvalue weighted by molar-refractivity contribution is 0.601. The number of rotatable bonds is 5. The maximum absolute atomic E-state index is 12.6. The molecule has 0 unspecified atom stereocenters. The zero-order valence-corrected chi connectivity index (χ0v) is 15.6. The zero-order valence-electron chi connectivity index (χ0n) is 12.4. The molecule has 0 amide bonds. The third kappa shape index (κ3) is 3.45. The van der Waals surface area contributed by atoms with Gasteiger partial charge in [-0.05, 0) is 62.9 Å². The van der Waals surface area contributed by atoms with Gasteiger partial charge in [-0.1, -0.05) is 30.0 Å². The molecule has 124 valence electrons. The van der Waals surface area contributed by atoms with Gasteiger partial charge in [0, 0.05) is 4.47 Å². The average molecular weight is 426 g/mol. The summed E-state index contributed by atoms with van der Waals surface area (Å²) >= 11 is 4.65. The monoisotopic (exact) mass is 425 g/mol. The molecule has 0 spiro atoms. The molecule has 0 saturated heterocycles. The summed E-state index contributed by atoms with van der Waals surface area (Å²) in [7, 11) is -3.71. The predicted molar refractivity (Wildman–Crippen MR) is 95.9 cm³/mol. The fourth-order valence-corrected chi connectivity index (χ4v) is 4.53. The summed E-state index contributed by atoms with van der Waals surface area (Å²) in [5.74, 6) is 0. The first kappa shape index (κ1) is 16.9. The molecule has 7 nitrogen and oxygen atoms in total. The first-order chi connectivity index (χ1) is 11.5. The highest BCUT2D eigenvalue weighted by Crippen LogP contribution is 2.25. The van der Waals surface area contributed by atoms with Gasteiger partial charge in [0.25, 0.3) is 10.0 Å². The van der Waals surface area contributed by atoms with E-state index in [-0.39, 0.29) is 4.90 Å². The van der Waals surface area contributed by atoms with E-state index < -0.39 is 10.0 Å². The molecule has 3 rings (SSSR count). The molecule has 1 aromatic heterocycles.